The third-order valence-electron chi connectivity index (χ3n) is 13.7. The van der Waals surface area contributed by atoms with Gasteiger partial charge in [0.25, 0.3) is 0 Å². The molecule has 0 bridgehead atoms. The third kappa shape index (κ3) is 4.41. The van der Waals surface area contributed by atoms with Crippen molar-refractivity contribution in [2.45, 2.75) is 5.41 Å². The maximum absolute atomic E-state index is 6.94. The number of nitrogens with zero attached hydrogens (tertiary/aromatic N) is 3. The van der Waals surface area contributed by atoms with E-state index in [9.17, 15) is 0 Å². The molecule has 0 N–H and O–H groups in total. The Labute approximate surface area is 364 Å². The van der Waals surface area contributed by atoms with Gasteiger partial charge in [0, 0.05) is 49.0 Å². The fourth-order valence-electron chi connectivity index (χ4n) is 11.1. The smallest absolute Gasteiger partial charge is 0.164 e. The van der Waals surface area contributed by atoms with Gasteiger partial charge in [-0.2, -0.15) is 0 Å². The zero-order chi connectivity index (χ0) is 41.7. The molecule has 0 saturated heterocycles. The van der Waals surface area contributed by atoms with E-state index in [0.717, 1.165) is 82.5 Å². The van der Waals surface area contributed by atoms with Crippen molar-refractivity contribution in [3.63, 3.8) is 0 Å². The van der Waals surface area contributed by atoms with Crippen molar-refractivity contribution < 1.29 is 13.3 Å². The van der Waals surface area contributed by atoms with Crippen LogP contribution in [0, 0.1) is 0 Å². The van der Waals surface area contributed by atoms with E-state index >= 15 is 0 Å². The SMILES string of the molecule is c1ccc(-c2nc(-c3ccc4c(c3)oc3ccccc34)nc(-c3ccc4c(c3)oc3ccc5c(c34)C3(c4ccccc4-c4ccccc43)c3cc4oc6ccccc6c4cc3-5)n2)cc1. The van der Waals surface area contributed by atoms with E-state index in [-0.39, 0.29) is 0 Å². The highest BCUT2D eigenvalue weighted by Gasteiger charge is 2.53. The lowest BCUT2D eigenvalue weighted by atomic mass is 9.69. The molecule has 0 fully saturated rings. The van der Waals surface area contributed by atoms with E-state index in [1.54, 1.807) is 0 Å². The van der Waals surface area contributed by atoms with Crippen LogP contribution in [0.15, 0.2) is 201 Å². The molecule has 1 spiro atoms. The zero-order valence-electron chi connectivity index (χ0n) is 34.0. The standard InChI is InChI=1S/C58H31N3O3/c1-2-12-32(13-3-1)55-59-56(33-22-24-39-37-16-6-10-20-47(37)62-50(39)28-33)61-57(60-55)34-23-25-41-51(29-34)64-49-27-26-40-42-30-43-38-17-7-11-21-48(38)63-52(43)31-46(42)58(54(40)53(41)49)44-18-8-4-14-35(44)36-15-5-9-19-45(36)58/h1-31H. The summed E-state index contributed by atoms with van der Waals surface area (Å²) in [7, 11) is 0. The Kier molecular flexibility index (Phi) is 6.53. The molecule has 6 heteroatoms. The van der Waals surface area contributed by atoms with E-state index < -0.39 is 5.41 Å². The predicted molar refractivity (Wildman–Crippen MR) is 254 cm³/mol. The van der Waals surface area contributed by atoms with Gasteiger partial charge in [-0.1, -0.05) is 133 Å². The van der Waals surface area contributed by atoms with Crippen LogP contribution in [0.3, 0.4) is 0 Å². The van der Waals surface area contributed by atoms with Gasteiger partial charge in [-0.05, 0) is 99.1 Å². The van der Waals surface area contributed by atoms with Gasteiger partial charge >= 0.3 is 0 Å². The molecule has 9 aromatic carbocycles. The average Bonchev–Trinajstić information content (AvgIpc) is 4.15. The van der Waals surface area contributed by atoms with Gasteiger partial charge in [0.2, 0.25) is 0 Å². The Morgan fingerprint density at radius 1 is 0.297 bits per heavy atom. The van der Waals surface area contributed by atoms with Crippen molar-refractivity contribution in [2.24, 2.45) is 0 Å². The molecule has 64 heavy (non-hydrogen) atoms. The average molecular weight is 818 g/mol. The summed E-state index contributed by atoms with van der Waals surface area (Å²) in [5.74, 6) is 1.70. The molecule has 0 atom stereocenters. The molecule has 4 aromatic heterocycles. The number of aromatic nitrogens is 3. The Bertz CT molecular complexity index is 4110. The largest absolute Gasteiger partial charge is 0.456 e. The molecule has 13 aromatic rings. The molecule has 0 radical (unpaired) electrons. The van der Waals surface area contributed by atoms with Crippen LogP contribution in [-0.4, -0.2) is 15.0 Å². The summed E-state index contributed by atoms with van der Waals surface area (Å²) in [4.78, 5) is 15.3. The highest BCUT2D eigenvalue weighted by molar-refractivity contribution is 6.16. The summed E-state index contributed by atoms with van der Waals surface area (Å²) in [5.41, 5.74) is 16.8. The van der Waals surface area contributed by atoms with Gasteiger partial charge in [-0.25, -0.2) is 15.0 Å². The molecular formula is C58H31N3O3. The van der Waals surface area contributed by atoms with Crippen molar-refractivity contribution >= 4 is 65.8 Å². The first-order valence-corrected chi connectivity index (χ1v) is 21.6. The van der Waals surface area contributed by atoms with Crippen LogP contribution >= 0.6 is 0 Å². The van der Waals surface area contributed by atoms with Crippen LogP contribution in [0.1, 0.15) is 22.3 Å². The molecule has 4 heterocycles. The first kappa shape index (κ1) is 34.0. The molecule has 0 amide bonds. The molecule has 0 saturated carbocycles. The van der Waals surface area contributed by atoms with Crippen molar-refractivity contribution in [3.05, 3.63) is 210 Å². The Morgan fingerprint density at radius 2 is 0.812 bits per heavy atom. The summed E-state index contributed by atoms with van der Waals surface area (Å²) in [6.45, 7) is 0. The molecule has 6 nitrogen and oxygen atoms in total. The first-order valence-electron chi connectivity index (χ1n) is 21.6. The number of rotatable bonds is 3. The minimum atomic E-state index is -0.616. The molecule has 2 aliphatic rings. The summed E-state index contributed by atoms with van der Waals surface area (Å²) in [5, 5.41) is 6.49. The van der Waals surface area contributed by atoms with Crippen LogP contribution in [0.25, 0.3) is 122 Å². The molecular weight excluding hydrogens is 787 g/mol. The van der Waals surface area contributed by atoms with Crippen LogP contribution in [0.5, 0.6) is 0 Å². The van der Waals surface area contributed by atoms with Crippen LogP contribution < -0.4 is 0 Å². The van der Waals surface area contributed by atoms with Crippen LogP contribution in [-0.2, 0) is 5.41 Å². The minimum Gasteiger partial charge on any atom is -0.456 e. The van der Waals surface area contributed by atoms with Gasteiger partial charge in [-0.15, -0.1) is 0 Å². The second kappa shape index (κ2) is 12.3. The number of benzene rings is 9. The van der Waals surface area contributed by atoms with Crippen molar-refractivity contribution in [2.75, 3.05) is 0 Å². The summed E-state index contributed by atoms with van der Waals surface area (Å²) < 4.78 is 19.9. The van der Waals surface area contributed by atoms with E-state index in [4.69, 9.17) is 28.2 Å². The Morgan fingerprint density at radius 3 is 1.50 bits per heavy atom. The number of fused-ring (bicyclic) bond motifs is 20. The molecule has 296 valence electrons. The molecule has 15 rings (SSSR count). The van der Waals surface area contributed by atoms with Gasteiger partial charge < -0.3 is 13.3 Å². The Hall–Kier alpha value is -8.61. The van der Waals surface area contributed by atoms with E-state index in [1.807, 2.05) is 60.7 Å². The summed E-state index contributed by atoms with van der Waals surface area (Å²) in [6, 6.07) is 65.9. The topological polar surface area (TPSA) is 78.1 Å². The summed E-state index contributed by atoms with van der Waals surface area (Å²) in [6.07, 6.45) is 0. The maximum Gasteiger partial charge on any atom is 0.164 e. The highest BCUT2D eigenvalue weighted by Crippen LogP contribution is 2.65. The molecule has 0 unspecified atom stereocenters. The fraction of sp³-hybridized carbons (Fsp3) is 0.0172. The zero-order valence-corrected chi connectivity index (χ0v) is 34.0. The normalized spacial score (nSPS) is 13.4. The van der Waals surface area contributed by atoms with Crippen LogP contribution in [0.2, 0.25) is 0 Å². The van der Waals surface area contributed by atoms with Crippen molar-refractivity contribution in [3.8, 4) is 56.4 Å². The lowest BCUT2D eigenvalue weighted by Gasteiger charge is -2.31. The second-order valence-corrected chi connectivity index (χ2v) is 17.0. The van der Waals surface area contributed by atoms with E-state index in [1.165, 1.54) is 44.5 Å². The summed E-state index contributed by atoms with van der Waals surface area (Å²) >= 11 is 0. The lowest BCUT2D eigenvalue weighted by molar-refractivity contribution is 0.666. The third-order valence-corrected chi connectivity index (χ3v) is 13.7. The fourth-order valence-corrected chi connectivity index (χ4v) is 11.1. The van der Waals surface area contributed by atoms with E-state index in [0.29, 0.717) is 17.5 Å². The van der Waals surface area contributed by atoms with Gasteiger partial charge in [0.15, 0.2) is 17.5 Å². The Balaban J connectivity index is 0.968. The number of hydrogen-bond donors (Lipinski definition) is 0. The quantitative estimate of drug-likeness (QED) is 0.177. The number of hydrogen-bond acceptors (Lipinski definition) is 6. The van der Waals surface area contributed by atoms with E-state index in [2.05, 4.69) is 127 Å². The second-order valence-electron chi connectivity index (χ2n) is 17.0. The number of furan rings is 3. The van der Waals surface area contributed by atoms with Gasteiger partial charge in [0.1, 0.15) is 33.5 Å². The maximum atomic E-state index is 6.94. The predicted octanol–water partition coefficient (Wildman–Crippen LogP) is 14.9. The molecule has 2 aliphatic carbocycles. The van der Waals surface area contributed by atoms with Gasteiger partial charge in [-0.3, -0.25) is 0 Å². The lowest BCUT2D eigenvalue weighted by Crippen LogP contribution is -2.26. The highest BCUT2D eigenvalue weighted by atomic mass is 16.3. The minimum absolute atomic E-state index is 0.554. The first-order chi connectivity index (χ1) is 31.7. The molecule has 0 aliphatic heterocycles. The van der Waals surface area contributed by atoms with Crippen molar-refractivity contribution in [1.82, 2.24) is 15.0 Å². The number of para-hydroxylation sites is 2. The van der Waals surface area contributed by atoms with Gasteiger partial charge in [0.05, 0.1) is 5.41 Å². The monoisotopic (exact) mass is 817 g/mol. The van der Waals surface area contributed by atoms with Crippen LogP contribution in [0.4, 0.5) is 0 Å². The van der Waals surface area contributed by atoms with Crippen molar-refractivity contribution in [1.29, 1.82) is 0 Å².